The lowest BCUT2D eigenvalue weighted by molar-refractivity contribution is 0.0991. The van der Waals surface area contributed by atoms with Crippen LogP contribution >= 0.6 is 0 Å². The normalized spacial score (nSPS) is 10.7. The van der Waals surface area contributed by atoms with E-state index in [4.69, 9.17) is 0 Å². The van der Waals surface area contributed by atoms with Crippen LogP contribution in [0.4, 0.5) is 4.39 Å². The highest BCUT2D eigenvalue weighted by molar-refractivity contribution is 6.00. The molecule has 0 heterocycles. The standard InChI is InChI=1S/C18H19FO/c1-11-5-6-12(2)15(7-11)10-17(20)18-13(3)8-16(19)9-14(18)4/h5-9H,10H2,1-4H3. The second-order valence-corrected chi connectivity index (χ2v) is 5.44. The summed E-state index contributed by atoms with van der Waals surface area (Å²) in [5.74, 6) is -0.239. The minimum absolute atomic E-state index is 0.0497. The first-order valence-corrected chi connectivity index (χ1v) is 6.74. The zero-order chi connectivity index (χ0) is 14.9. The molecule has 0 aliphatic heterocycles. The van der Waals surface area contributed by atoms with Crippen molar-refractivity contribution in [3.63, 3.8) is 0 Å². The summed E-state index contributed by atoms with van der Waals surface area (Å²) in [7, 11) is 0. The number of halogens is 1. The van der Waals surface area contributed by atoms with Gasteiger partial charge in [-0.2, -0.15) is 0 Å². The zero-order valence-corrected chi connectivity index (χ0v) is 12.4. The number of carbonyl (C=O) groups is 1. The summed E-state index contributed by atoms with van der Waals surface area (Å²) in [5, 5.41) is 0. The monoisotopic (exact) mass is 270 g/mol. The molecule has 104 valence electrons. The van der Waals surface area contributed by atoms with Gasteiger partial charge in [0.2, 0.25) is 0 Å². The van der Waals surface area contributed by atoms with Gasteiger partial charge in [-0.15, -0.1) is 0 Å². The van der Waals surface area contributed by atoms with Gasteiger partial charge in [0, 0.05) is 12.0 Å². The van der Waals surface area contributed by atoms with Crippen LogP contribution in [-0.4, -0.2) is 5.78 Å². The van der Waals surface area contributed by atoms with Crippen LogP contribution in [0.1, 0.15) is 38.2 Å². The van der Waals surface area contributed by atoms with Gasteiger partial charge in [-0.3, -0.25) is 4.79 Å². The number of benzene rings is 2. The Hall–Kier alpha value is -1.96. The molecule has 0 aliphatic carbocycles. The minimum atomic E-state index is -0.289. The highest BCUT2D eigenvalue weighted by atomic mass is 19.1. The second-order valence-electron chi connectivity index (χ2n) is 5.44. The van der Waals surface area contributed by atoms with Crippen molar-refractivity contribution in [2.75, 3.05) is 0 Å². The fraction of sp³-hybridized carbons (Fsp3) is 0.278. The van der Waals surface area contributed by atoms with Crippen molar-refractivity contribution in [2.24, 2.45) is 0 Å². The first-order valence-electron chi connectivity index (χ1n) is 6.74. The maximum atomic E-state index is 13.3. The summed E-state index contributed by atoms with van der Waals surface area (Å²) in [6.45, 7) is 7.59. The molecule has 0 saturated heterocycles. The van der Waals surface area contributed by atoms with Crippen LogP contribution in [0.2, 0.25) is 0 Å². The number of hydrogen-bond acceptors (Lipinski definition) is 1. The van der Waals surface area contributed by atoms with E-state index in [2.05, 4.69) is 0 Å². The smallest absolute Gasteiger partial charge is 0.167 e. The van der Waals surface area contributed by atoms with Gasteiger partial charge in [-0.25, -0.2) is 4.39 Å². The van der Waals surface area contributed by atoms with E-state index >= 15 is 0 Å². The molecule has 20 heavy (non-hydrogen) atoms. The Morgan fingerprint density at radius 2 is 1.55 bits per heavy atom. The number of aryl methyl sites for hydroxylation is 4. The SMILES string of the molecule is Cc1ccc(C)c(CC(=O)c2c(C)cc(F)cc2C)c1. The zero-order valence-electron chi connectivity index (χ0n) is 12.4. The van der Waals surface area contributed by atoms with Crippen molar-refractivity contribution in [3.8, 4) is 0 Å². The summed E-state index contributed by atoms with van der Waals surface area (Å²) < 4.78 is 13.3. The molecule has 0 spiro atoms. The molecule has 0 unspecified atom stereocenters. The molecule has 0 aliphatic rings. The molecular formula is C18H19FO. The molecule has 2 aromatic rings. The Labute approximate surface area is 119 Å². The number of hydrogen-bond donors (Lipinski definition) is 0. The van der Waals surface area contributed by atoms with Gasteiger partial charge >= 0.3 is 0 Å². The van der Waals surface area contributed by atoms with Gasteiger partial charge in [-0.1, -0.05) is 23.8 Å². The average Bonchev–Trinajstić information content (AvgIpc) is 2.32. The molecular weight excluding hydrogens is 251 g/mol. The third kappa shape index (κ3) is 2.96. The van der Waals surface area contributed by atoms with Crippen molar-refractivity contribution < 1.29 is 9.18 Å². The van der Waals surface area contributed by atoms with Crippen LogP contribution in [0.5, 0.6) is 0 Å². The van der Waals surface area contributed by atoms with Crippen LogP contribution in [0.3, 0.4) is 0 Å². The summed E-state index contributed by atoms with van der Waals surface area (Å²) in [6.07, 6.45) is 0.362. The maximum Gasteiger partial charge on any atom is 0.167 e. The van der Waals surface area contributed by atoms with Crippen molar-refractivity contribution >= 4 is 5.78 Å². The fourth-order valence-electron chi connectivity index (χ4n) is 2.60. The quantitative estimate of drug-likeness (QED) is 0.751. The third-order valence-corrected chi connectivity index (χ3v) is 3.63. The molecule has 0 atom stereocenters. The molecule has 2 aromatic carbocycles. The van der Waals surface area contributed by atoms with E-state index in [1.807, 2.05) is 32.0 Å². The Kier molecular flexibility index (Phi) is 4.03. The molecule has 2 heteroatoms. The summed E-state index contributed by atoms with van der Waals surface area (Å²) >= 11 is 0. The van der Waals surface area contributed by atoms with Crippen molar-refractivity contribution in [1.82, 2.24) is 0 Å². The Balaban J connectivity index is 2.36. The van der Waals surface area contributed by atoms with Gasteiger partial charge in [0.05, 0.1) is 0 Å². The highest BCUT2D eigenvalue weighted by Crippen LogP contribution is 2.20. The maximum absolute atomic E-state index is 13.3. The average molecular weight is 270 g/mol. The van der Waals surface area contributed by atoms with Crippen molar-refractivity contribution in [1.29, 1.82) is 0 Å². The van der Waals surface area contributed by atoms with E-state index in [1.165, 1.54) is 12.1 Å². The lowest BCUT2D eigenvalue weighted by atomic mass is 9.93. The second kappa shape index (κ2) is 5.58. The van der Waals surface area contributed by atoms with Crippen LogP contribution in [0, 0.1) is 33.5 Å². The molecule has 0 aromatic heterocycles. The minimum Gasteiger partial charge on any atom is -0.294 e. The predicted octanol–water partition coefficient (Wildman–Crippen LogP) is 4.48. The largest absolute Gasteiger partial charge is 0.294 e. The van der Waals surface area contributed by atoms with Crippen LogP contribution in [-0.2, 0) is 6.42 Å². The first kappa shape index (κ1) is 14.4. The van der Waals surface area contributed by atoms with E-state index in [9.17, 15) is 9.18 Å². The first-order chi connectivity index (χ1) is 9.38. The summed E-state index contributed by atoms with van der Waals surface area (Å²) in [4.78, 5) is 12.5. The number of carbonyl (C=O) groups excluding carboxylic acids is 1. The van der Waals surface area contributed by atoms with E-state index in [1.54, 1.807) is 13.8 Å². The van der Waals surface area contributed by atoms with Gasteiger partial charge < -0.3 is 0 Å². The van der Waals surface area contributed by atoms with E-state index in [-0.39, 0.29) is 11.6 Å². The molecule has 0 amide bonds. The molecule has 2 rings (SSSR count). The van der Waals surface area contributed by atoms with Crippen LogP contribution in [0.15, 0.2) is 30.3 Å². The number of Topliss-reactive ketones (excluding diaryl/α,β-unsaturated/α-hetero) is 1. The lowest BCUT2D eigenvalue weighted by Crippen LogP contribution is -2.09. The Morgan fingerprint density at radius 1 is 0.950 bits per heavy atom. The predicted molar refractivity (Wildman–Crippen MR) is 79.8 cm³/mol. The fourth-order valence-corrected chi connectivity index (χ4v) is 2.60. The van der Waals surface area contributed by atoms with Gasteiger partial charge in [-0.05, 0) is 62.1 Å². The van der Waals surface area contributed by atoms with Crippen LogP contribution < -0.4 is 0 Å². The number of ketones is 1. The molecule has 0 radical (unpaired) electrons. The van der Waals surface area contributed by atoms with E-state index in [0.717, 1.165) is 16.7 Å². The summed E-state index contributed by atoms with van der Waals surface area (Å²) in [6, 6.07) is 8.95. The van der Waals surface area contributed by atoms with Gasteiger partial charge in [0.15, 0.2) is 5.78 Å². The molecule has 0 N–H and O–H groups in total. The Bertz CT molecular complexity index is 648. The van der Waals surface area contributed by atoms with Crippen LogP contribution in [0.25, 0.3) is 0 Å². The summed E-state index contributed by atoms with van der Waals surface area (Å²) in [5.41, 5.74) is 5.35. The van der Waals surface area contributed by atoms with E-state index < -0.39 is 0 Å². The van der Waals surface area contributed by atoms with Gasteiger partial charge in [0.1, 0.15) is 5.82 Å². The molecule has 0 saturated carbocycles. The topological polar surface area (TPSA) is 17.1 Å². The Morgan fingerprint density at radius 3 is 2.15 bits per heavy atom. The lowest BCUT2D eigenvalue weighted by Gasteiger charge is -2.11. The van der Waals surface area contributed by atoms with Crippen molar-refractivity contribution in [2.45, 2.75) is 34.1 Å². The molecule has 0 bridgehead atoms. The highest BCUT2D eigenvalue weighted by Gasteiger charge is 2.15. The molecule has 0 fully saturated rings. The molecule has 1 nitrogen and oxygen atoms in total. The third-order valence-electron chi connectivity index (χ3n) is 3.63. The van der Waals surface area contributed by atoms with Crippen molar-refractivity contribution in [3.05, 3.63) is 69.5 Å². The van der Waals surface area contributed by atoms with Gasteiger partial charge in [0.25, 0.3) is 0 Å². The van der Waals surface area contributed by atoms with E-state index in [0.29, 0.717) is 23.1 Å². The number of rotatable bonds is 3.